The Bertz CT molecular complexity index is 427. The molecule has 1 fully saturated rings. The number of aliphatic carboxylic acids is 1. The van der Waals surface area contributed by atoms with E-state index in [-0.39, 0.29) is 0 Å². The number of halogens is 2. The molecule has 1 aromatic heterocycles. The highest BCUT2D eigenvalue weighted by Gasteiger charge is 2.32. The lowest BCUT2D eigenvalue weighted by molar-refractivity contribution is -0.138. The Morgan fingerprint density at radius 2 is 2.44 bits per heavy atom. The summed E-state index contributed by atoms with van der Waals surface area (Å²) in [7, 11) is 0. The number of hydrogen-bond donors (Lipinski definition) is 1. The van der Waals surface area contributed by atoms with Gasteiger partial charge < -0.3 is 10.0 Å². The first-order valence-corrected chi connectivity index (χ1v) is 6.07. The van der Waals surface area contributed by atoms with Gasteiger partial charge in [0.15, 0.2) is 0 Å². The Hall–Kier alpha value is -0.810. The van der Waals surface area contributed by atoms with Crippen LogP contribution in [0.4, 0.5) is 5.82 Å². The van der Waals surface area contributed by atoms with Crippen molar-refractivity contribution in [1.29, 1.82) is 0 Å². The highest BCUT2D eigenvalue weighted by Crippen LogP contribution is 2.31. The topological polar surface area (TPSA) is 53.4 Å². The van der Waals surface area contributed by atoms with Crippen molar-refractivity contribution in [2.75, 3.05) is 11.4 Å². The van der Waals surface area contributed by atoms with Gasteiger partial charge in [0.25, 0.3) is 0 Å². The molecular formula is C10H10BrClN2O2. The van der Waals surface area contributed by atoms with E-state index in [0.29, 0.717) is 23.8 Å². The summed E-state index contributed by atoms with van der Waals surface area (Å²) in [6, 6.07) is 1.22. The summed E-state index contributed by atoms with van der Waals surface area (Å²) in [5.74, 6) is -0.270. The normalized spacial score (nSPS) is 20.1. The van der Waals surface area contributed by atoms with E-state index in [1.54, 1.807) is 17.2 Å². The molecule has 0 aliphatic carbocycles. The average molecular weight is 306 g/mol. The van der Waals surface area contributed by atoms with Gasteiger partial charge in [0.1, 0.15) is 11.9 Å². The fourth-order valence-electron chi connectivity index (χ4n) is 1.90. The van der Waals surface area contributed by atoms with E-state index in [9.17, 15) is 4.79 Å². The van der Waals surface area contributed by atoms with Crippen LogP contribution in [0.3, 0.4) is 0 Å². The molecule has 6 heteroatoms. The number of hydrogen-bond acceptors (Lipinski definition) is 3. The third-order valence-corrected chi connectivity index (χ3v) is 3.31. The number of carboxylic acid groups (broad SMARTS) is 1. The van der Waals surface area contributed by atoms with Crippen LogP contribution in [0.5, 0.6) is 0 Å². The zero-order valence-electron chi connectivity index (χ0n) is 8.36. The summed E-state index contributed by atoms with van der Waals surface area (Å²) in [4.78, 5) is 17.0. The van der Waals surface area contributed by atoms with E-state index in [2.05, 4.69) is 20.9 Å². The predicted molar refractivity (Wildman–Crippen MR) is 65.0 cm³/mol. The number of carbonyl (C=O) groups is 1. The summed E-state index contributed by atoms with van der Waals surface area (Å²) in [6.07, 6.45) is 3.12. The molecule has 1 aromatic rings. The Balaban J connectivity index is 2.32. The molecule has 0 aromatic carbocycles. The Morgan fingerprint density at radius 1 is 1.69 bits per heavy atom. The lowest BCUT2D eigenvalue weighted by atomic mass is 10.2. The van der Waals surface area contributed by atoms with Crippen molar-refractivity contribution in [3.05, 3.63) is 21.8 Å². The minimum Gasteiger partial charge on any atom is -0.480 e. The molecule has 1 aliphatic heterocycles. The lowest BCUT2D eigenvalue weighted by Gasteiger charge is -2.23. The van der Waals surface area contributed by atoms with E-state index in [4.69, 9.17) is 16.7 Å². The van der Waals surface area contributed by atoms with Crippen LogP contribution < -0.4 is 4.90 Å². The highest BCUT2D eigenvalue weighted by molar-refractivity contribution is 9.10. The van der Waals surface area contributed by atoms with E-state index in [1.807, 2.05) is 0 Å². The summed E-state index contributed by atoms with van der Waals surface area (Å²) in [6.45, 7) is 0.686. The van der Waals surface area contributed by atoms with Gasteiger partial charge in [-0.3, -0.25) is 0 Å². The third kappa shape index (κ3) is 2.15. The van der Waals surface area contributed by atoms with Crippen LogP contribution in [0.15, 0.2) is 16.7 Å². The lowest BCUT2D eigenvalue weighted by Crippen LogP contribution is -2.36. The molecule has 0 radical (unpaired) electrons. The maximum atomic E-state index is 11.0. The van der Waals surface area contributed by atoms with Crippen LogP contribution in [0.2, 0.25) is 5.02 Å². The van der Waals surface area contributed by atoms with Crippen molar-refractivity contribution in [2.45, 2.75) is 18.9 Å². The number of pyridine rings is 1. The van der Waals surface area contributed by atoms with Gasteiger partial charge in [0, 0.05) is 17.2 Å². The Kier molecular flexibility index (Phi) is 3.35. The molecule has 0 amide bonds. The monoisotopic (exact) mass is 304 g/mol. The number of rotatable bonds is 2. The molecule has 1 atom stereocenters. The predicted octanol–water partition coefficient (Wildman–Crippen LogP) is 2.55. The van der Waals surface area contributed by atoms with Crippen molar-refractivity contribution >= 4 is 39.3 Å². The Labute approximate surface area is 106 Å². The van der Waals surface area contributed by atoms with Crippen LogP contribution in [-0.4, -0.2) is 28.6 Å². The molecule has 1 N–H and O–H groups in total. The molecule has 86 valence electrons. The zero-order valence-corrected chi connectivity index (χ0v) is 10.7. The molecule has 0 unspecified atom stereocenters. The van der Waals surface area contributed by atoms with E-state index in [1.165, 1.54) is 0 Å². The first-order chi connectivity index (χ1) is 7.59. The molecule has 1 aliphatic rings. The van der Waals surface area contributed by atoms with Crippen molar-refractivity contribution in [3.8, 4) is 0 Å². The van der Waals surface area contributed by atoms with E-state index in [0.717, 1.165) is 10.9 Å². The van der Waals surface area contributed by atoms with Crippen LogP contribution in [0, 0.1) is 0 Å². The quantitative estimate of drug-likeness (QED) is 0.912. The van der Waals surface area contributed by atoms with Crippen LogP contribution in [0.1, 0.15) is 12.8 Å². The molecule has 4 nitrogen and oxygen atoms in total. The number of carboxylic acids is 1. The van der Waals surface area contributed by atoms with Gasteiger partial charge in [-0.2, -0.15) is 0 Å². The van der Waals surface area contributed by atoms with Gasteiger partial charge in [-0.05, 0) is 34.8 Å². The van der Waals surface area contributed by atoms with Gasteiger partial charge in [-0.1, -0.05) is 11.6 Å². The summed E-state index contributed by atoms with van der Waals surface area (Å²) < 4.78 is 0.785. The summed E-state index contributed by atoms with van der Waals surface area (Å²) in [5, 5.41) is 9.54. The first-order valence-electron chi connectivity index (χ1n) is 4.90. The molecule has 0 bridgehead atoms. The third-order valence-electron chi connectivity index (χ3n) is 2.60. The van der Waals surface area contributed by atoms with Crippen LogP contribution >= 0.6 is 27.5 Å². The second-order valence-corrected chi connectivity index (χ2v) is 4.97. The number of nitrogens with zero attached hydrogens (tertiary/aromatic N) is 2. The van der Waals surface area contributed by atoms with E-state index >= 15 is 0 Å². The fraction of sp³-hybridized carbons (Fsp3) is 0.400. The second-order valence-electron chi connectivity index (χ2n) is 3.65. The van der Waals surface area contributed by atoms with E-state index < -0.39 is 12.0 Å². The minimum absolute atomic E-state index is 0.475. The van der Waals surface area contributed by atoms with Crippen LogP contribution in [-0.2, 0) is 4.79 Å². The fourth-order valence-corrected chi connectivity index (χ4v) is 2.63. The van der Waals surface area contributed by atoms with Crippen molar-refractivity contribution in [1.82, 2.24) is 4.98 Å². The molecule has 2 heterocycles. The van der Waals surface area contributed by atoms with Gasteiger partial charge >= 0.3 is 5.97 Å². The zero-order chi connectivity index (χ0) is 11.7. The van der Waals surface area contributed by atoms with Crippen LogP contribution in [0.25, 0.3) is 0 Å². The molecule has 2 rings (SSSR count). The number of anilines is 1. The number of aromatic nitrogens is 1. The van der Waals surface area contributed by atoms with Crippen molar-refractivity contribution < 1.29 is 9.90 Å². The molecule has 0 saturated carbocycles. The van der Waals surface area contributed by atoms with Gasteiger partial charge in [0.2, 0.25) is 0 Å². The summed E-state index contributed by atoms with van der Waals surface area (Å²) in [5.41, 5.74) is 0. The second kappa shape index (κ2) is 4.59. The molecule has 16 heavy (non-hydrogen) atoms. The van der Waals surface area contributed by atoms with Crippen molar-refractivity contribution in [3.63, 3.8) is 0 Å². The highest BCUT2D eigenvalue weighted by atomic mass is 79.9. The molecule has 1 saturated heterocycles. The smallest absolute Gasteiger partial charge is 0.326 e. The summed E-state index contributed by atoms with van der Waals surface area (Å²) >= 11 is 9.32. The first kappa shape index (κ1) is 11.7. The minimum atomic E-state index is -0.821. The Morgan fingerprint density at radius 3 is 3.06 bits per heavy atom. The molecule has 0 spiro atoms. The van der Waals surface area contributed by atoms with Gasteiger partial charge in [0.05, 0.1) is 5.02 Å². The van der Waals surface area contributed by atoms with Gasteiger partial charge in [-0.15, -0.1) is 0 Å². The maximum Gasteiger partial charge on any atom is 0.326 e. The largest absolute Gasteiger partial charge is 0.480 e. The average Bonchev–Trinajstić information content (AvgIpc) is 2.66. The standard InChI is InChI=1S/C10H10BrClN2O2/c11-6-4-7(12)9(13-5-6)14-3-1-2-8(14)10(15)16/h4-5,8H,1-3H2,(H,15,16)/t8-/m0/s1. The molecular weight excluding hydrogens is 295 g/mol. The SMILES string of the molecule is O=C(O)[C@@H]1CCCN1c1ncc(Br)cc1Cl. The maximum absolute atomic E-state index is 11.0. The van der Waals surface area contributed by atoms with Gasteiger partial charge in [-0.25, -0.2) is 9.78 Å². The van der Waals surface area contributed by atoms with Crippen molar-refractivity contribution in [2.24, 2.45) is 0 Å².